The normalized spacial score (nSPS) is 11.9. The number of aromatic nitrogens is 4. The summed E-state index contributed by atoms with van der Waals surface area (Å²) in [5.41, 5.74) is 11.2. The van der Waals surface area contributed by atoms with Gasteiger partial charge in [-0.25, -0.2) is 15.0 Å². The van der Waals surface area contributed by atoms with E-state index in [1.165, 1.54) is 0 Å². The molecule has 0 N–H and O–H groups in total. The van der Waals surface area contributed by atoms with E-state index in [9.17, 15) is 0 Å². The summed E-state index contributed by atoms with van der Waals surface area (Å²) in [6.07, 6.45) is 0. The number of nitrogens with zero attached hydrogens (tertiary/aromatic N) is 4. The Morgan fingerprint density at radius 2 is 0.965 bits per heavy atom. The zero-order valence-corrected chi connectivity index (χ0v) is 30.4. The van der Waals surface area contributed by atoms with Gasteiger partial charge in [-0.1, -0.05) is 127 Å². The molecule has 0 bridgehead atoms. The predicted molar refractivity (Wildman–Crippen MR) is 230 cm³/mol. The largest absolute Gasteiger partial charge is 0.456 e. The van der Waals surface area contributed by atoms with E-state index in [0.29, 0.717) is 17.5 Å². The van der Waals surface area contributed by atoms with Crippen molar-refractivity contribution in [2.24, 2.45) is 0 Å². The van der Waals surface area contributed by atoms with Crippen LogP contribution in [0.4, 0.5) is 0 Å². The Labute approximate surface area is 325 Å². The van der Waals surface area contributed by atoms with Gasteiger partial charge in [0.25, 0.3) is 0 Å². The van der Waals surface area contributed by atoms with Gasteiger partial charge in [-0.2, -0.15) is 0 Å². The second-order valence-electron chi connectivity index (χ2n) is 14.3. The minimum atomic E-state index is 0.525. The van der Waals surface area contributed by atoms with E-state index >= 15 is 0 Å². The first-order valence-electron chi connectivity index (χ1n) is 19.0. The van der Waals surface area contributed by atoms with Crippen molar-refractivity contribution in [2.75, 3.05) is 0 Å². The molecule has 0 radical (unpaired) electrons. The van der Waals surface area contributed by atoms with E-state index in [2.05, 4.69) is 138 Å². The molecule has 12 rings (SSSR count). The Morgan fingerprint density at radius 1 is 0.351 bits per heavy atom. The van der Waals surface area contributed by atoms with Crippen LogP contribution < -0.4 is 0 Å². The zero-order valence-electron chi connectivity index (χ0n) is 30.4. The molecule has 0 aliphatic carbocycles. The lowest BCUT2D eigenvalue weighted by Gasteiger charge is -2.10. The summed E-state index contributed by atoms with van der Waals surface area (Å²) < 4.78 is 15.7. The molecule has 0 spiro atoms. The Balaban J connectivity index is 1.13. The molecule has 0 amide bonds. The van der Waals surface area contributed by atoms with Crippen LogP contribution in [-0.2, 0) is 0 Å². The van der Waals surface area contributed by atoms with Crippen LogP contribution in [0.5, 0.6) is 0 Å². The standard InChI is InChI=1S/C51H30N4O2/c1-3-14-31(15-4-1)32-16-11-17-33(30-32)49-52-50(39-23-13-27-44-45(39)38-21-8-10-26-43(38)56-44)54-51(53-49)40-24-12-22-35-36-28-29-42-46(48(36)57-47(35)40)37-20-7-9-25-41(37)55(42)34-18-5-2-6-19-34/h1-30H. The Bertz CT molecular complexity index is 3530. The summed E-state index contributed by atoms with van der Waals surface area (Å²) >= 11 is 0. The molecule has 0 saturated heterocycles. The number of benzene rings is 8. The number of para-hydroxylation sites is 4. The van der Waals surface area contributed by atoms with Crippen LogP contribution in [0.1, 0.15) is 0 Å². The molecule has 4 heterocycles. The van der Waals surface area contributed by atoms with Gasteiger partial charge in [0, 0.05) is 43.7 Å². The van der Waals surface area contributed by atoms with E-state index in [1.54, 1.807) is 0 Å². The van der Waals surface area contributed by atoms with Crippen molar-refractivity contribution in [3.8, 4) is 51.0 Å². The van der Waals surface area contributed by atoms with E-state index in [0.717, 1.165) is 99.2 Å². The average Bonchev–Trinajstić information content (AvgIpc) is 3.96. The molecule has 266 valence electrons. The molecular formula is C51H30N4O2. The summed E-state index contributed by atoms with van der Waals surface area (Å²) in [5.74, 6) is 1.65. The molecule has 0 saturated carbocycles. The lowest BCUT2D eigenvalue weighted by atomic mass is 10.0. The van der Waals surface area contributed by atoms with Crippen LogP contribution in [0.25, 0.3) is 117 Å². The maximum Gasteiger partial charge on any atom is 0.167 e. The van der Waals surface area contributed by atoms with Gasteiger partial charge in [-0.3, -0.25) is 0 Å². The van der Waals surface area contributed by atoms with E-state index in [-0.39, 0.29) is 0 Å². The molecule has 8 aromatic carbocycles. The highest BCUT2D eigenvalue weighted by atomic mass is 16.3. The van der Waals surface area contributed by atoms with Crippen LogP contribution in [-0.4, -0.2) is 19.5 Å². The summed E-state index contributed by atoms with van der Waals surface area (Å²) in [6.45, 7) is 0. The average molecular weight is 731 g/mol. The molecule has 4 aromatic heterocycles. The zero-order chi connectivity index (χ0) is 37.5. The second kappa shape index (κ2) is 12.3. The molecule has 0 fully saturated rings. The molecule has 0 aliphatic rings. The van der Waals surface area contributed by atoms with Crippen molar-refractivity contribution >= 4 is 65.7 Å². The summed E-state index contributed by atoms with van der Waals surface area (Å²) in [6, 6.07) is 62.5. The van der Waals surface area contributed by atoms with Crippen LogP contribution in [0.15, 0.2) is 191 Å². The minimum Gasteiger partial charge on any atom is -0.456 e. The topological polar surface area (TPSA) is 69.9 Å². The fourth-order valence-corrected chi connectivity index (χ4v) is 8.51. The molecule has 0 unspecified atom stereocenters. The lowest BCUT2D eigenvalue weighted by molar-refractivity contribution is 0.669. The van der Waals surface area contributed by atoms with Gasteiger partial charge in [0.05, 0.1) is 22.0 Å². The highest BCUT2D eigenvalue weighted by Gasteiger charge is 2.23. The minimum absolute atomic E-state index is 0.525. The van der Waals surface area contributed by atoms with E-state index < -0.39 is 0 Å². The fraction of sp³-hybridized carbons (Fsp3) is 0. The maximum absolute atomic E-state index is 7.06. The van der Waals surface area contributed by atoms with Crippen molar-refractivity contribution in [3.05, 3.63) is 182 Å². The van der Waals surface area contributed by atoms with Crippen molar-refractivity contribution in [1.29, 1.82) is 0 Å². The highest BCUT2D eigenvalue weighted by molar-refractivity contribution is 6.24. The van der Waals surface area contributed by atoms with Crippen LogP contribution in [0.3, 0.4) is 0 Å². The molecule has 0 aliphatic heterocycles. The number of furan rings is 2. The maximum atomic E-state index is 7.06. The quantitative estimate of drug-likeness (QED) is 0.176. The fourth-order valence-electron chi connectivity index (χ4n) is 8.51. The Hall–Kier alpha value is -7.83. The monoisotopic (exact) mass is 730 g/mol. The summed E-state index contributed by atoms with van der Waals surface area (Å²) in [4.78, 5) is 15.7. The van der Waals surface area contributed by atoms with Gasteiger partial charge in [-0.05, 0) is 65.7 Å². The molecule has 57 heavy (non-hydrogen) atoms. The number of fused-ring (bicyclic) bond motifs is 10. The van der Waals surface area contributed by atoms with E-state index in [1.807, 2.05) is 48.5 Å². The van der Waals surface area contributed by atoms with Gasteiger partial charge in [-0.15, -0.1) is 0 Å². The third kappa shape index (κ3) is 4.87. The molecule has 6 heteroatoms. The predicted octanol–water partition coefficient (Wildman–Crippen LogP) is 13.4. The number of hydrogen-bond acceptors (Lipinski definition) is 5. The van der Waals surface area contributed by atoms with Crippen molar-refractivity contribution < 1.29 is 8.83 Å². The van der Waals surface area contributed by atoms with Crippen molar-refractivity contribution in [2.45, 2.75) is 0 Å². The molecular weight excluding hydrogens is 701 g/mol. The van der Waals surface area contributed by atoms with Gasteiger partial charge < -0.3 is 13.4 Å². The van der Waals surface area contributed by atoms with Crippen LogP contribution in [0.2, 0.25) is 0 Å². The summed E-state index contributed by atoms with van der Waals surface area (Å²) in [7, 11) is 0. The number of hydrogen-bond donors (Lipinski definition) is 0. The van der Waals surface area contributed by atoms with Crippen LogP contribution in [0, 0.1) is 0 Å². The first-order valence-corrected chi connectivity index (χ1v) is 19.0. The first kappa shape index (κ1) is 31.5. The smallest absolute Gasteiger partial charge is 0.167 e. The SMILES string of the molecule is c1ccc(-c2cccc(-c3nc(-c4cccc5c4oc4c5ccc5c4c4ccccc4n5-c4ccccc4)nc(-c4cccc5oc6ccccc6c45)n3)c2)cc1. The first-order chi connectivity index (χ1) is 28.3. The third-order valence-electron chi connectivity index (χ3n) is 11.1. The van der Waals surface area contributed by atoms with Crippen molar-refractivity contribution in [1.82, 2.24) is 19.5 Å². The van der Waals surface area contributed by atoms with Crippen molar-refractivity contribution in [3.63, 3.8) is 0 Å². The Kier molecular flexibility index (Phi) is 6.83. The lowest BCUT2D eigenvalue weighted by Crippen LogP contribution is -2.00. The Morgan fingerprint density at radius 3 is 1.84 bits per heavy atom. The van der Waals surface area contributed by atoms with E-state index in [4.69, 9.17) is 23.8 Å². The number of rotatable bonds is 5. The van der Waals surface area contributed by atoms with Gasteiger partial charge in [0.15, 0.2) is 17.5 Å². The van der Waals surface area contributed by atoms with Gasteiger partial charge in [0.2, 0.25) is 0 Å². The van der Waals surface area contributed by atoms with Gasteiger partial charge in [0.1, 0.15) is 22.3 Å². The molecule has 12 aromatic rings. The third-order valence-corrected chi connectivity index (χ3v) is 11.1. The highest BCUT2D eigenvalue weighted by Crippen LogP contribution is 2.43. The van der Waals surface area contributed by atoms with Crippen LogP contribution >= 0.6 is 0 Å². The molecule has 6 nitrogen and oxygen atoms in total. The second-order valence-corrected chi connectivity index (χ2v) is 14.3. The molecule has 0 atom stereocenters. The van der Waals surface area contributed by atoms with Gasteiger partial charge >= 0.3 is 0 Å². The summed E-state index contributed by atoms with van der Waals surface area (Å²) in [5, 5.41) is 6.21.